The first-order valence-corrected chi connectivity index (χ1v) is 16.7. The summed E-state index contributed by atoms with van der Waals surface area (Å²) in [5.41, 5.74) is 9.50. The van der Waals surface area contributed by atoms with Gasteiger partial charge in [-0.25, -0.2) is 18.7 Å². The summed E-state index contributed by atoms with van der Waals surface area (Å²) in [5, 5.41) is 3.77. The first kappa shape index (κ1) is 31.5. The third kappa shape index (κ3) is 5.54. The summed E-state index contributed by atoms with van der Waals surface area (Å²) in [6.45, 7) is 6.00. The van der Waals surface area contributed by atoms with E-state index in [4.69, 9.17) is 20.4 Å². The van der Waals surface area contributed by atoms with E-state index in [2.05, 4.69) is 12.2 Å². The number of nitrogens with zero attached hydrogens (tertiary/aromatic N) is 5. The second-order valence-electron chi connectivity index (χ2n) is 14.0. The molecular formula is C35H43F2N7O3. The molecule has 3 aromatic heterocycles. The molecular weight excluding hydrogens is 604 g/mol. The van der Waals surface area contributed by atoms with Crippen LogP contribution in [0, 0.1) is 17.8 Å². The Morgan fingerprint density at radius 1 is 1.13 bits per heavy atom. The molecule has 1 aromatic carbocycles. The fraction of sp³-hybridized carbons (Fsp3) is 0.543. The number of nitrogens with two attached hydrogens (primary N) is 1. The maximum Gasteiger partial charge on any atom is 0.265 e. The number of piperidine rings is 1. The third-order valence-electron chi connectivity index (χ3n) is 10.8. The molecule has 6 atom stereocenters. The first-order valence-electron chi connectivity index (χ1n) is 16.7. The Labute approximate surface area is 272 Å². The molecule has 10 nitrogen and oxygen atoms in total. The number of methoxy groups -OCH3 is 1. The van der Waals surface area contributed by atoms with Crippen molar-refractivity contribution in [3.63, 3.8) is 0 Å². The van der Waals surface area contributed by atoms with Crippen molar-refractivity contribution in [3.8, 4) is 17.3 Å². The number of pyridine rings is 1. The number of amides is 2. The van der Waals surface area contributed by atoms with Crippen LogP contribution < -0.4 is 15.8 Å². The van der Waals surface area contributed by atoms with Gasteiger partial charge in [0.2, 0.25) is 5.91 Å². The summed E-state index contributed by atoms with van der Waals surface area (Å²) in [6.07, 6.45) is 2.22. The highest BCUT2D eigenvalue weighted by atomic mass is 19.3. The van der Waals surface area contributed by atoms with Crippen molar-refractivity contribution in [1.82, 2.24) is 29.3 Å². The lowest BCUT2D eigenvalue weighted by Crippen LogP contribution is -2.56. The predicted molar refractivity (Wildman–Crippen MR) is 175 cm³/mol. The highest BCUT2D eigenvalue weighted by molar-refractivity contribution is 6.00. The second kappa shape index (κ2) is 11.6. The molecule has 0 spiro atoms. The summed E-state index contributed by atoms with van der Waals surface area (Å²) in [7, 11) is 3.36. The van der Waals surface area contributed by atoms with Gasteiger partial charge in [-0.2, -0.15) is 0 Å². The Morgan fingerprint density at radius 2 is 1.91 bits per heavy atom. The monoisotopic (exact) mass is 647 g/mol. The summed E-state index contributed by atoms with van der Waals surface area (Å²) in [5.74, 6) is -1.93. The molecule has 2 aliphatic heterocycles. The van der Waals surface area contributed by atoms with Gasteiger partial charge in [0.15, 0.2) is 5.82 Å². The molecule has 0 unspecified atom stereocenters. The minimum absolute atomic E-state index is 0.0389. The van der Waals surface area contributed by atoms with Crippen molar-refractivity contribution in [2.75, 3.05) is 13.7 Å². The van der Waals surface area contributed by atoms with E-state index in [1.54, 1.807) is 23.8 Å². The number of aryl methyl sites for hydroxylation is 1. The number of rotatable bonds is 3. The number of halogens is 2. The van der Waals surface area contributed by atoms with Crippen LogP contribution in [0.5, 0.6) is 5.75 Å². The minimum Gasteiger partial charge on any atom is -0.494 e. The molecule has 3 N–H and O–H groups in total. The zero-order valence-electron chi connectivity index (χ0n) is 27.6. The van der Waals surface area contributed by atoms with Crippen LogP contribution in [0.2, 0.25) is 0 Å². The summed E-state index contributed by atoms with van der Waals surface area (Å²) in [6, 6.07) is 8.35. The molecule has 12 heteroatoms. The number of carbonyl (C=O) groups excluding carboxylic acids is 2. The fourth-order valence-corrected chi connectivity index (χ4v) is 7.64. The number of alkyl halides is 2. The zero-order chi connectivity index (χ0) is 33.4. The van der Waals surface area contributed by atoms with Gasteiger partial charge in [0.05, 0.1) is 36.6 Å². The molecule has 2 amide bonds. The maximum absolute atomic E-state index is 15.7. The molecule has 5 heterocycles. The quantitative estimate of drug-likeness (QED) is 0.306. The lowest BCUT2D eigenvalue weighted by Gasteiger charge is -2.41. The van der Waals surface area contributed by atoms with E-state index in [1.807, 2.05) is 48.6 Å². The van der Waals surface area contributed by atoms with Gasteiger partial charge < -0.3 is 29.8 Å². The van der Waals surface area contributed by atoms with Crippen molar-refractivity contribution in [1.29, 1.82) is 0 Å². The summed E-state index contributed by atoms with van der Waals surface area (Å²) >= 11 is 0. The van der Waals surface area contributed by atoms with Crippen molar-refractivity contribution in [2.24, 2.45) is 30.5 Å². The van der Waals surface area contributed by atoms with Gasteiger partial charge in [0, 0.05) is 49.0 Å². The van der Waals surface area contributed by atoms with Gasteiger partial charge in [-0.3, -0.25) is 9.59 Å². The number of hydrogen-bond donors (Lipinski definition) is 2. The summed E-state index contributed by atoms with van der Waals surface area (Å²) < 4.78 is 40.6. The second-order valence-corrected chi connectivity index (χ2v) is 14.0. The molecule has 47 heavy (non-hydrogen) atoms. The molecule has 7 rings (SSSR count). The van der Waals surface area contributed by atoms with Gasteiger partial charge in [-0.05, 0) is 81.7 Å². The Morgan fingerprint density at radius 3 is 2.68 bits per heavy atom. The van der Waals surface area contributed by atoms with Crippen LogP contribution in [-0.2, 0) is 18.4 Å². The van der Waals surface area contributed by atoms with E-state index in [9.17, 15) is 9.59 Å². The number of benzene rings is 1. The van der Waals surface area contributed by atoms with E-state index in [-0.39, 0.29) is 48.2 Å². The molecule has 0 radical (unpaired) electrons. The highest BCUT2D eigenvalue weighted by Crippen LogP contribution is 2.44. The number of nitrogens with one attached hydrogen (secondary N) is 1. The van der Waals surface area contributed by atoms with E-state index >= 15 is 8.78 Å². The number of likely N-dealkylation sites (tertiary alicyclic amines) is 1. The summed E-state index contributed by atoms with van der Waals surface area (Å²) in [4.78, 5) is 38.2. The number of fused-ring (bicyclic) bond motifs is 3. The number of imidazole rings is 1. The number of carbonyl (C=O) groups is 2. The average Bonchev–Trinajstić information content (AvgIpc) is 3.63. The Balaban J connectivity index is 1.33. The Bertz CT molecular complexity index is 1880. The average molecular weight is 648 g/mol. The Kier molecular flexibility index (Phi) is 7.76. The predicted octanol–water partition coefficient (Wildman–Crippen LogP) is 5.43. The fourth-order valence-electron chi connectivity index (χ4n) is 7.64. The molecule has 1 saturated carbocycles. The van der Waals surface area contributed by atoms with Crippen molar-refractivity contribution in [3.05, 3.63) is 41.6 Å². The lowest BCUT2D eigenvalue weighted by molar-refractivity contribution is -0.123. The standard InChI is InChI=1S/C35H43F2N7O3/c1-18-10-12-43(20(3)29(18)38)34(46)23-14-26-30(28(16-23)47-5)42(4)32(41-26)27-15-22-8-9-25-19(2)39-33(45)24-13-21(24)7-6-11-35(36,37)17-44(27)31(22)40-25/h8-9,14-16,18-21,24,29H,6-7,10-13,17,38H2,1-5H3,(H,39,45)/t18-,19-,20+,21-,24-,29-/m1/s1. The molecule has 1 aliphatic carbocycles. The van der Waals surface area contributed by atoms with Crippen LogP contribution in [0.25, 0.3) is 33.6 Å². The molecule has 1 saturated heterocycles. The SMILES string of the molecule is COc1cc(C(=O)N2CC[C@@H](C)[C@@H](N)[C@@H]2C)cc2nc(-c3cc4ccc5nc4n3CC(F)(F)CCC[C@@H]3C[C@H]3C(=O)N[C@@H]5C)n(C)c12. The van der Waals surface area contributed by atoms with Crippen molar-refractivity contribution < 1.29 is 23.1 Å². The first-order chi connectivity index (χ1) is 22.4. The van der Waals surface area contributed by atoms with E-state index in [0.29, 0.717) is 75.9 Å². The van der Waals surface area contributed by atoms with Crippen LogP contribution in [0.15, 0.2) is 30.3 Å². The molecule has 250 valence electrons. The van der Waals surface area contributed by atoms with Crippen molar-refractivity contribution in [2.45, 2.75) is 83.5 Å². The van der Waals surface area contributed by atoms with Gasteiger partial charge in [-0.1, -0.05) is 6.92 Å². The Hall–Kier alpha value is -4.06. The van der Waals surface area contributed by atoms with Gasteiger partial charge in [-0.15, -0.1) is 0 Å². The third-order valence-corrected chi connectivity index (χ3v) is 10.8. The maximum atomic E-state index is 15.7. The van der Waals surface area contributed by atoms with Gasteiger partial charge >= 0.3 is 0 Å². The largest absolute Gasteiger partial charge is 0.494 e. The normalized spacial score (nSPS) is 27.8. The molecule has 4 aromatic rings. The topological polar surface area (TPSA) is 120 Å². The lowest BCUT2D eigenvalue weighted by atomic mass is 9.88. The molecule has 2 fully saturated rings. The van der Waals surface area contributed by atoms with E-state index in [1.165, 1.54) is 0 Å². The van der Waals surface area contributed by atoms with E-state index in [0.717, 1.165) is 12.8 Å². The molecule has 2 bridgehead atoms. The highest BCUT2D eigenvalue weighted by Gasteiger charge is 2.44. The van der Waals surface area contributed by atoms with Crippen molar-refractivity contribution >= 4 is 33.9 Å². The minimum atomic E-state index is -3.01. The number of aromatic nitrogens is 4. The van der Waals surface area contributed by atoms with Gasteiger partial charge in [0.1, 0.15) is 16.9 Å². The van der Waals surface area contributed by atoms with E-state index < -0.39 is 12.5 Å². The zero-order valence-corrected chi connectivity index (χ0v) is 27.6. The van der Waals surface area contributed by atoms with Gasteiger partial charge in [0.25, 0.3) is 11.8 Å². The number of hydrogen-bond acceptors (Lipinski definition) is 6. The molecule has 3 aliphatic rings. The van der Waals surface area contributed by atoms with Crippen LogP contribution in [-0.4, -0.2) is 67.5 Å². The smallest absolute Gasteiger partial charge is 0.265 e. The van der Waals surface area contributed by atoms with Crippen LogP contribution in [0.1, 0.15) is 75.0 Å². The van der Waals surface area contributed by atoms with Crippen LogP contribution >= 0.6 is 0 Å². The number of ether oxygens (including phenoxy) is 1. The van der Waals surface area contributed by atoms with Crippen LogP contribution in [0.4, 0.5) is 8.78 Å². The van der Waals surface area contributed by atoms with Crippen LogP contribution in [0.3, 0.4) is 0 Å².